The summed E-state index contributed by atoms with van der Waals surface area (Å²) in [5.74, 6) is 0.451. The average Bonchev–Trinajstić information content (AvgIpc) is 2.80. The molecule has 3 amide bonds. The average molecular weight is 282 g/mol. The number of urea groups is 1. The third-order valence-corrected chi connectivity index (χ3v) is 4.11. The van der Waals surface area contributed by atoms with Gasteiger partial charge in [-0.05, 0) is 31.7 Å². The second-order valence-electron chi connectivity index (χ2n) is 5.81. The van der Waals surface area contributed by atoms with Crippen LogP contribution in [0.2, 0.25) is 0 Å². The van der Waals surface area contributed by atoms with Crippen molar-refractivity contribution in [2.45, 2.75) is 38.6 Å². The summed E-state index contributed by atoms with van der Waals surface area (Å²) in [6, 6.07) is 0.146. The maximum atomic E-state index is 11.8. The molecule has 0 aliphatic carbocycles. The van der Waals surface area contributed by atoms with Crippen LogP contribution in [0.25, 0.3) is 0 Å². The minimum atomic E-state index is -0.377. The lowest BCUT2D eigenvalue weighted by atomic mass is 9.94. The van der Waals surface area contributed by atoms with E-state index in [1.165, 1.54) is 12.8 Å². The topological polar surface area (TPSA) is 73.5 Å². The molecule has 2 atom stereocenters. The van der Waals surface area contributed by atoms with Gasteiger partial charge in [-0.2, -0.15) is 0 Å². The van der Waals surface area contributed by atoms with Gasteiger partial charge in [0, 0.05) is 25.7 Å². The molecule has 2 saturated heterocycles. The van der Waals surface area contributed by atoms with Gasteiger partial charge in [0.15, 0.2) is 0 Å². The monoisotopic (exact) mass is 282 g/mol. The van der Waals surface area contributed by atoms with Gasteiger partial charge in [-0.1, -0.05) is 13.3 Å². The summed E-state index contributed by atoms with van der Waals surface area (Å²) in [5, 5.41) is 8.59. The zero-order valence-corrected chi connectivity index (χ0v) is 12.3. The molecular weight excluding hydrogens is 256 g/mol. The van der Waals surface area contributed by atoms with E-state index in [2.05, 4.69) is 27.8 Å². The Morgan fingerprint density at radius 2 is 2.20 bits per heavy atom. The first-order valence-electron chi connectivity index (χ1n) is 7.72. The molecule has 0 radical (unpaired) electrons. The van der Waals surface area contributed by atoms with E-state index in [-0.39, 0.29) is 11.9 Å². The van der Waals surface area contributed by atoms with Gasteiger partial charge in [-0.15, -0.1) is 0 Å². The molecule has 0 saturated carbocycles. The summed E-state index contributed by atoms with van der Waals surface area (Å²) in [6.07, 6.45) is 4.43. The number of piperidine rings is 1. The van der Waals surface area contributed by atoms with E-state index in [0.29, 0.717) is 25.0 Å². The summed E-state index contributed by atoms with van der Waals surface area (Å²) in [7, 11) is 0. The number of hydrogen-bond donors (Lipinski definition) is 3. The lowest BCUT2D eigenvalue weighted by Gasteiger charge is -2.24. The standard InChI is InChI=1S/C14H26N4O2/c1-2-3-6-16-14(20)17-13(19)10-18-8-11-5-4-7-15-12(11)9-18/h11-12,15H,2-10H2,1H3,(H2,16,17,19,20). The smallest absolute Gasteiger partial charge is 0.321 e. The largest absolute Gasteiger partial charge is 0.338 e. The maximum absolute atomic E-state index is 11.8. The summed E-state index contributed by atoms with van der Waals surface area (Å²) in [4.78, 5) is 25.4. The summed E-state index contributed by atoms with van der Waals surface area (Å²) in [6.45, 7) is 5.95. The molecule has 0 aromatic heterocycles. The Bertz CT molecular complexity index is 334. The number of hydrogen-bond acceptors (Lipinski definition) is 4. The third-order valence-electron chi connectivity index (χ3n) is 4.11. The van der Waals surface area contributed by atoms with Crippen molar-refractivity contribution in [2.24, 2.45) is 5.92 Å². The van der Waals surface area contributed by atoms with Crippen molar-refractivity contribution in [3.8, 4) is 0 Å². The van der Waals surface area contributed by atoms with Gasteiger partial charge < -0.3 is 10.6 Å². The molecule has 114 valence electrons. The highest BCUT2D eigenvalue weighted by Crippen LogP contribution is 2.24. The van der Waals surface area contributed by atoms with Crippen LogP contribution in [0.4, 0.5) is 4.79 Å². The number of nitrogens with one attached hydrogen (secondary N) is 3. The van der Waals surface area contributed by atoms with Gasteiger partial charge in [0.2, 0.25) is 5.91 Å². The van der Waals surface area contributed by atoms with Crippen LogP contribution in [0.5, 0.6) is 0 Å². The molecule has 2 unspecified atom stereocenters. The normalized spacial score (nSPS) is 26.1. The minimum Gasteiger partial charge on any atom is -0.338 e. The molecule has 2 fully saturated rings. The molecule has 0 aromatic carbocycles. The first-order chi connectivity index (χ1) is 9.69. The fourth-order valence-electron chi connectivity index (χ4n) is 3.06. The third kappa shape index (κ3) is 4.45. The lowest BCUT2D eigenvalue weighted by Crippen LogP contribution is -2.45. The van der Waals surface area contributed by atoms with Crippen LogP contribution in [0.1, 0.15) is 32.6 Å². The van der Waals surface area contributed by atoms with Crippen LogP contribution in [0.3, 0.4) is 0 Å². The molecule has 2 heterocycles. The quantitative estimate of drug-likeness (QED) is 0.634. The van der Waals surface area contributed by atoms with Gasteiger partial charge in [0.05, 0.1) is 6.54 Å². The Hall–Kier alpha value is -1.14. The Labute approximate surface area is 120 Å². The molecule has 0 aromatic rings. The van der Waals surface area contributed by atoms with E-state index in [9.17, 15) is 9.59 Å². The van der Waals surface area contributed by atoms with Crippen molar-refractivity contribution in [1.29, 1.82) is 0 Å². The Balaban J connectivity index is 1.66. The number of amides is 3. The van der Waals surface area contributed by atoms with Crippen LogP contribution in [-0.2, 0) is 4.79 Å². The van der Waals surface area contributed by atoms with Crippen molar-refractivity contribution in [3.05, 3.63) is 0 Å². The van der Waals surface area contributed by atoms with Gasteiger partial charge >= 0.3 is 6.03 Å². The van der Waals surface area contributed by atoms with E-state index in [1.807, 2.05) is 0 Å². The molecule has 3 N–H and O–H groups in total. The van der Waals surface area contributed by atoms with E-state index in [4.69, 9.17) is 0 Å². The highest BCUT2D eigenvalue weighted by molar-refractivity contribution is 5.95. The number of carbonyl (C=O) groups excluding carboxylic acids is 2. The molecule has 20 heavy (non-hydrogen) atoms. The highest BCUT2D eigenvalue weighted by Gasteiger charge is 2.34. The molecule has 0 bridgehead atoms. The van der Waals surface area contributed by atoms with Crippen LogP contribution in [-0.4, -0.2) is 55.6 Å². The number of rotatable bonds is 5. The van der Waals surface area contributed by atoms with Crippen LogP contribution in [0.15, 0.2) is 0 Å². The predicted molar refractivity (Wildman–Crippen MR) is 77.4 cm³/mol. The highest BCUT2D eigenvalue weighted by atomic mass is 16.2. The first kappa shape index (κ1) is 15.3. The number of imide groups is 1. The molecule has 2 aliphatic heterocycles. The number of nitrogens with zero attached hydrogens (tertiary/aromatic N) is 1. The van der Waals surface area contributed by atoms with Crippen LogP contribution < -0.4 is 16.0 Å². The minimum absolute atomic E-state index is 0.211. The number of unbranched alkanes of at least 4 members (excludes halogenated alkanes) is 1. The van der Waals surface area contributed by atoms with Crippen LogP contribution in [0, 0.1) is 5.92 Å². The molecule has 6 nitrogen and oxygen atoms in total. The number of carbonyl (C=O) groups is 2. The molecule has 0 spiro atoms. The first-order valence-corrected chi connectivity index (χ1v) is 7.72. The van der Waals surface area contributed by atoms with Gasteiger partial charge in [0.25, 0.3) is 0 Å². The molecule has 2 rings (SSSR count). The SMILES string of the molecule is CCCCNC(=O)NC(=O)CN1CC2CCCNC2C1. The summed E-state index contributed by atoms with van der Waals surface area (Å²) < 4.78 is 0. The van der Waals surface area contributed by atoms with Crippen LogP contribution >= 0.6 is 0 Å². The van der Waals surface area contributed by atoms with Gasteiger partial charge in [-0.25, -0.2) is 4.79 Å². The second-order valence-corrected chi connectivity index (χ2v) is 5.81. The molecule has 2 aliphatic rings. The lowest BCUT2D eigenvalue weighted by molar-refractivity contribution is -0.120. The predicted octanol–water partition coefficient (Wildman–Crippen LogP) is 0.296. The zero-order valence-electron chi connectivity index (χ0n) is 12.3. The maximum Gasteiger partial charge on any atom is 0.321 e. The number of likely N-dealkylation sites (tertiary alicyclic amines) is 1. The fourth-order valence-corrected chi connectivity index (χ4v) is 3.06. The van der Waals surface area contributed by atoms with E-state index in [0.717, 1.165) is 32.5 Å². The summed E-state index contributed by atoms with van der Waals surface area (Å²) in [5.41, 5.74) is 0. The van der Waals surface area contributed by atoms with Crippen molar-refractivity contribution in [3.63, 3.8) is 0 Å². The van der Waals surface area contributed by atoms with Crippen molar-refractivity contribution < 1.29 is 9.59 Å². The Morgan fingerprint density at radius 1 is 1.35 bits per heavy atom. The fraction of sp³-hybridized carbons (Fsp3) is 0.857. The van der Waals surface area contributed by atoms with Crippen molar-refractivity contribution >= 4 is 11.9 Å². The van der Waals surface area contributed by atoms with Gasteiger partial charge in [0.1, 0.15) is 0 Å². The molecule has 6 heteroatoms. The molecular formula is C14H26N4O2. The Morgan fingerprint density at radius 3 is 2.95 bits per heavy atom. The van der Waals surface area contributed by atoms with E-state index in [1.54, 1.807) is 0 Å². The number of fused-ring (bicyclic) bond motifs is 1. The summed E-state index contributed by atoms with van der Waals surface area (Å²) >= 11 is 0. The van der Waals surface area contributed by atoms with Crippen molar-refractivity contribution in [1.82, 2.24) is 20.9 Å². The zero-order chi connectivity index (χ0) is 14.4. The van der Waals surface area contributed by atoms with Gasteiger partial charge in [-0.3, -0.25) is 15.0 Å². The Kier molecular flexibility index (Phi) is 5.79. The van der Waals surface area contributed by atoms with Crippen molar-refractivity contribution in [2.75, 3.05) is 32.7 Å². The van der Waals surface area contributed by atoms with E-state index >= 15 is 0 Å². The van der Waals surface area contributed by atoms with E-state index < -0.39 is 0 Å². The second kappa shape index (κ2) is 7.59.